The molecule has 0 saturated heterocycles. The SMILES string of the molecule is CCCCCCCCCCCCCc1ccc(-c2ncc(CCCCCCC)cn2)cc1. The van der Waals surface area contributed by atoms with E-state index in [1.54, 1.807) is 0 Å². The molecule has 1 heterocycles. The number of benzene rings is 1. The van der Waals surface area contributed by atoms with Crippen molar-refractivity contribution in [1.82, 2.24) is 9.97 Å². The second kappa shape index (κ2) is 17.8. The van der Waals surface area contributed by atoms with Gasteiger partial charge in [0.25, 0.3) is 0 Å². The van der Waals surface area contributed by atoms with Gasteiger partial charge in [0.1, 0.15) is 0 Å². The van der Waals surface area contributed by atoms with E-state index >= 15 is 0 Å². The summed E-state index contributed by atoms with van der Waals surface area (Å²) >= 11 is 0. The zero-order chi connectivity index (χ0) is 22.7. The van der Waals surface area contributed by atoms with Crippen molar-refractivity contribution in [3.63, 3.8) is 0 Å². The fourth-order valence-corrected chi connectivity index (χ4v) is 4.38. The van der Waals surface area contributed by atoms with E-state index in [9.17, 15) is 0 Å². The van der Waals surface area contributed by atoms with E-state index in [1.807, 2.05) is 12.4 Å². The van der Waals surface area contributed by atoms with Gasteiger partial charge < -0.3 is 0 Å². The van der Waals surface area contributed by atoms with Crippen LogP contribution in [0.25, 0.3) is 11.4 Å². The first kappa shape index (κ1) is 26.6. The number of nitrogens with zero attached hydrogens (tertiary/aromatic N) is 2. The topological polar surface area (TPSA) is 25.8 Å². The van der Waals surface area contributed by atoms with Crippen molar-refractivity contribution in [3.8, 4) is 11.4 Å². The fourth-order valence-electron chi connectivity index (χ4n) is 4.38. The lowest BCUT2D eigenvalue weighted by atomic mass is 10.0. The molecule has 0 spiro atoms. The number of hydrogen-bond acceptors (Lipinski definition) is 2. The Labute approximate surface area is 198 Å². The van der Waals surface area contributed by atoms with Crippen molar-refractivity contribution < 1.29 is 0 Å². The van der Waals surface area contributed by atoms with Crippen LogP contribution in [0.3, 0.4) is 0 Å². The highest BCUT2D eigenvalue weighted by Crippen LogP contribution is 2.18. The van der Waals surface area contributed by atoms with Crippen LogP contribution in [0.15, 0.2) is 36.7 Å². The van der Waals surface area contributed by atoms with Crippen LogP contribution in [-0.2, 0) is 12.8 Å². The van der Waals surface area contributed by atoms with Crippen molar-refractivity contribution in [2.75, 3.05) is 0 Å². The van der Waals surface area contributed by atoms with Crippen LogP contribution in [0.4, 0.5) is 0 Å². The molecular formula is C30H48N2. The second-order valence-electron chi connectivity index (χ2n) is 9.56. The quantitative estimate of drug-likeness (QED) is 0.205. The Morgan fingerprint density at radius 1 is 0.469 bits per heavy atom. The van der Waals surface area contributed by atoms with Gasteiger partial charge in [0, 0.05) is 18.0 Å². The maximum absolute atomic E-state index is 4.61. The minimum Gasteiger partial charge on any atom is -0.236 e. The third-order valence-electron chi connectivity index (χ3n) is 6.56. The molecule has 2 aromatic rings. The van der Waals surface area contributed by atoms with E-state index in [0.29, 0.717) is 0 Å². The Bertz CT molecular complexity index is 675. The first-order valence-corrected chi connectivity index (χ1v) is 13.7. The second-order valence-corrected chi connectivity index (χ2v) is 9.56. The van der Waals surface area contributed by atoms with Crippen LogP contribution in [0.5, 0.6) is 0 Å². The molecule has 2 rings (SSSR count). The predicted molar refractivity (Wildman–Crippen MR) is 140 cm³/mol. The Morgan fingerprint density at radius 3 is 1.34 bits per heavy atom. The minimum atomic E-state index is 0.848. The largest absolute Gasteiger partial charge is 0.236 e. The monoisotopic (exact) mass is 436 g/mol. The summed E-state index contributed by atoms with van der Waals surface area (Å²) in [5, 5.41) is 0. The molecule has 0 saturated carbocycles. The average Bonchev–Trinajstić information content (AvgIpc) is 2.83. The van der Waals surface area contributed by atoms with Gasteiger partial charge in [-0.2, -0.15) is 0 Å². The first-order valence-electron chi connectivity index (χ1n) is 13.7. The molecule has 2 nitrogen and oxygen atoms in total. The van der Waals surface area contributed by atoms with E-state index in [1.165, 1.54) is 120 Å². The van der Waals surface area contributed by atoms with Crippen LogP contribution < -0.4 is 0 Å². The molecule has 0 aliphatic rings. The molecule has 178 valence electrons. The third kappa shape index (κ3) is 11.8. The smallest absolute Gasteiger partial charge is 0.159 e. The summed E-state index contributed by atoms with van der Waals surface area (Å²) in [6.45, 7) is 4.55. The summed E-state index contributed by atoms with van der Waals surface area (Å²) in [6, 6.07) is 8.90. The molecule has 0 radical (unpaired) electrons. The Hall–Kier alpha value is -1.70. The molecule has 2 heteroatoms. The molecule has 0 aliphatic carbocycles. The van der Waals surface area contributed by atoms with E-state index in [2.05, 4.69) is 48.1 Å². The van der Waals surface area contributed by atoms with Gasteiger partial charge in [-0.3, -0.25) is 0 Å². The van der Waals surface area contributed by atoms with Gasteiger partial charge in [0.2, 0.25) is 0 Å². The number of aryl methyl sites for hydroxylation is 2. The molecular weight excluding hydrogens is 388 g/mol. The molecule has 0 aliphatic heterocycles. The van der Waals surface area contributed by atoms with E-state index < -0.39 is 0 Å². The lowest BCUT2D eigenvalue weighted by Crippen LogP contribution is -1.94. The molecule has 0 amide bonds. The van der Waals surface area contributed by atoms with Crippen molar-refractivity contribution in [2.45, 2.75) is 129 Å². The Balaban J connectivity index is 1.57. The lowest BCUT2D eigenvalue weighted by molar-refractivity contribution is 0.549. The zero-order valence-electron chi connectivity index (χ0n) is 21.1. The van der Waals surface area contributed by atoms with E-state index in [0.717, 1.165) is 17.8 Å². The maximum atomic E-state index is 4.61. The zero-order valence-corrected chi connectivity index (χ0v) is 21.1. The van der Waals surface area contributed by atoms with Crippen LogP contribution in [0.2, 0.25) is 0 Å². The van der Waals surface area contributed by atoms with Gasteiger partial charge in [-0.25, -0.2) is 9.97 Å². The average molecular weight is 437 g/mol. The molecule has 0 fully saturated rings. The molecule has 0 unspecified atom stereocenters. The summed E-state index contributed by atoms with van der Waals surface area (Å²) in [7, 11) is 0. The highest BCUT2D eigenvalue weighted by molar-refractivity contribution is 5.55. The van der Waals surface area contributed by atoms with Crippen LogP contribution in [0.1, 0.15) is 128 Å². The lowest BCUT2D eigenvalue weighted by Gasteiger charge is -2.06. The maximum Gasteiger partial charge on any atom is 0.159 e. The number of unbranched alkanes of at least 4 members (excludes halogenated alkanes) is 14. The van der Waals surface area contributed by atoms with Gasteiger partial charge >= 0.3 is 0 Å². The van der Waals surface area contributed by atoms with Crippen LogP contribution in [0, 0.1) is 0 Å². The Morgan fingerprint density at radius 2 is 0.875 bits per heavy atom. The molecule has 1 aromatic carbocycles. The molecule has 1 aromatic heterocycles. The normalized spacial score (nSPS) is 11.2. The predicted octanol–water partition coefficient (Wildman–Crippen LogP) is 9.51. The fraction of sp³-hybridized carbons (Fsp3) is 0.667. The summed E-state index contributed by atoms with van der Waals surface area (Å²) < 4.78 is 0. The minimum absolute atomic E-state index is 0.848. The van der Waals surface area contributed by atoms with Gasteiger partial charge in [-0.15, -0.1) is 0 Å². The van der Waals surface area contributed by atoms with Crippen molar-refractivity contribution in [2.24, 2.45) is 0 Å². The molecule has 32 heavy (non-hydrogen) atoms. The van der Waals surface area contributed by atoms with Crippen LogP contribution in [-0.4, -0.2) is 9.97 Å². The Kier molecular flexibility index (Phi) is 14.8. The van der Waals surface area contributed by atoms with Crippen molar-refractivity contribution in [3.05, 3.63) is 47.8 Å². The highest BCUT2D eigenvalue weighted by Gasteiger charge is 2.03. The first-order chi connectivity index (χ1) is 15.8. The van der Waals surface area contributed by atoms with Crippen LogP contribution >= 0.6 is 0 Å². The third-order valence-corrected chi connectivity index (χ3v) is 6.56. The summed E-state index contributed by atoms with van der Waals surface area (Å²) in [5.74, 6) is 0.848. The molecule has 0 atom stereocenters. The molecule has 0 N–H and O–H groups in total. The van der Waals surface area contributed by atoms with Gasteiger partial charge in [-0.05, 0) is 36.8 Å². The van der Waals surface area contributed by atoms with Crippen molar-refractivity contribution >= 4 is 0 Å². The van der Waals surface area contributed by atoms with Gasteiger partial charge in [-0.1, -0.05) is 128 Å². The number of aromatic nitrogens is 2. The van der Waals surface area contributed by atoms with E-state index in [-0.39, 0.29) is 0 Å². The van der Waals surface area contributed by atoms with Gasteiger partial charge in [0.15, 0.2) is 5.82 Å². The number of rotatable bonds is 19. The summed E-state index contributed by atoms with van der Waals surface area (Å²) in [5.41, 5.74) is 3.83. The molecule has 0 bridgehead atoms. The number of hydrogen-bond donors (Lipinski definition) is 0. The van der Waals surface area contributed by atoms with Gasteiger partial charge in [0.05, 0.1) is 0 Å². The standard InChI is InChI=1S/C30H48N2/c1-3-5-7-9-10-11-12-13-14-16-17-19-27-21-23-29(24-22-27)30-31-25-28(26-32-30)20-18-15-8-6-4-2/h21-26H,3-20H2,1-2H3. The summed E-state index contributed by atoms with van der Waals surface area (Å²) in [4.78, 5) is 9.23. The highest BCUT2D eigenvalue weighted by atomic mass is 14.9. The van der Waals surface area contributed by atoms with Crippen molar-refractivity contribution in [1.29, 1.82) is 0 Å². The van der Waals surface area contributed by atoms with E-state index in [4.69, 9.17) is 0 Å². The summed E-state index contributed by atoms with van der Waals surface area (Å²) in [6.07, 6.45) is 28.3.